The van der Waals surface area contributed by atoms with E-state index in [4.69, 9.17) is 0 Å². The van der Waals surface area contributed by atoms with Crippen molar-refractivity contribution in [2.45, 2.75) is 25.3 Å². The van der Waals surface area contributed by atoms with Gasteiger partial charge in [0.25, 0.3) is 0 Å². The first-order valence-electron chi connectivity index (χ1n) is 8.16. The van der Waals surface area contributed by atoms with E-state index < -0.39 is 0 Å². The zero-order valence-electron chi connectivity index (χ0n) is 13.2. The molecule has 1 aromatic carbocycles. The Morgan fingerprint density at radius 2 is 1.79 bits per heavy atom. The van der Waals surface area contributed by atoms with Gasteiger partial charge in [0.1, 0.15) is 5.82 Å². The molecule has 0 aliphatic carbocycles. The minimum absolute atomic E-state index is 0.192. The summed E-state index contributed by atoms with van der Waals surface area (Å²) in [7, 11) is 0. The van der Waals surface area contributed by atoms with E-state index in [2.05, 4.69) is 52.9 Å². The fourth-order valence-electron chi connectivity index (χ4n) is 3.18. The van der Waals surface area contributed by atoms with Gasteiger partial charge >= 0.3 is 0 Å². The van der Waals surface area contributed by atoms with Crippen LogP contribution < -0.4 is 4.90 Å². The summed E-state index contributed by atoms with van der Waals surface area (Å²) in [4.78, 5) is 19.3. The van der Waals surface area contributed by atoms with Crippen molar-refractivity contribution < 1.29 is 0 Å². The van der Waals surface area contributed by atoms with Crippen LogP contribution in [-0.4, -0.2) is 26.5 Å². The third kappa shape index (κ3) is 3.06. The molecule has 1 atom stereocenters. The summed E-state index contributed by atoms with van der Waals surface area (Å²) in [5, 5.41) is 0. The van der Waals surface area contributed by atoms with Crippen LogP contribution in [0.25, 0.3) is 11.3 Å². The lowest BCUT2D eigenvalue weighted by Gasteiger charge is -2.34. The third-order valence-corrected chi connectivity index (χ3v) is 4.77. The van der Waals surface area contributed by atoms with E-state index in [0.29, 0.717) is 0 Å². The van der Waals surface area contributed by atoms with E-state index in [0.717, 1.165) is 46.9 Å². The number of imidazole rings is 1. The van der Waals surface area contributed by atoms with Crippen LogP contribution in [0, 0.1) is 0 Å². The van der Waals surface area contributed by atoms with E-state index in [1.807, 2.05) is 24.4 Å². The SMILES string of the molecule is Brc1cnc(N2CCCC[C@H]2c2ncc(-c3ccccc3)[nH]2)nc1. The molecule has 2 aromatic heterocycles. The van der Waals surface area contributed by atoms with Gasteiger partial charge in [0.2, 0.25) is 5.95 Å². The quantitative estimate of drug-likeness (QED) is 0.729. The number of nitrogens with zero attached hydrogens (tertiary/aromatic N) is 4. The summed E-state index contributed by atoms with van der Waals surface area (Å²) in [6.45, 7) is 0.952. The highest BCUT2D eigenvalue weighted by molar-refractivity contribution is 9.10. The molecule has 0 spiro atoms. The van der Waals surface area contributed by atoms with Crippen LogP contribution in [-0.2, 0) is 0 Å². The second kappa shape index (κ2) is 6.73. The molecule has 0 amide bonds. The number of halogens is 1. The number of aromatic amines is 1. The fraction of sp³-hybridized carbons (Fsp3) is 0.278. The molecule has 3 aromatic rings. The zero-order valence-corrected chi connectivity index (χ0v) is 14.8. The topological polar surface area (TPSA) is 57.7 Å². The van der Waals surface area contributed by atoms with Crippen molar-refractivity contribution in [1.29, 1.82) is 0 Å². The van der Waals surface area contributed by atoms with Gasteiger partial charge < -0.3 is 9.88 Å². The standard InChI is InChI=1S/C18H18BrN5/c19-14-10-21-18(22-11-14)24-9-5-4-8-16(24)17-20-12-15(23-17)13-6-2-1-3-7-13/h1-3,6-7,10-12,16H,4-5,8-9H2,(H,20,23)/t16-/m0/s1. The van der Waals surface area contributed by atoms with Crippen LogP contribution in [0.5, 0.6) is 0 Å². The highest BCUT2D eigenvalue weighted by Gasteiger charge is 2.28. The molecule has 1 fully saturated rings. The molecule has 24 heavy (non-hydrogen) atoms. The maximum atomic E-state index is 4.65. The minimum Gasteiger partial charge on any atom is -0.340 e. The number of anilines is 1. The molecule has 5 nitrogen and oxygen atoms in total. The Labute approximate surface area is 149 Å². The first kappa shape index (κ1) is 15.3. The maximum absolute atomic E-state index is 4.65. The molecular formula is C18H18BrN5. The van der Waals surface area contributed by atoms with Gasteiger partial charge in [-0.05, 0) is 40.8 Å². The van der Waals surface area contributed by atoms with Crippen molar-refractivity contribution in [2.24, 2.45) is 0 Å². The van der Waals surface area contributed by atoms with Crippen LogP contribution in [0.15, 0.2) is 53.4 Å². The molecule has 0 bridgehead atoms. The highest BCUT2D eigenvalue weighted by atomic mass is 79.9. The van der Waals surface area contributed by atoms with Gasteiger partial charge in [-0.1, -0.05) is 30.3 Å². The molecule has 6 heteroatoms. The lowest BCUT2D eigenvalue weighted by Crippen LogP contribution is -2.35. The van der Waals surface area contributed by atoms with Gasteiger partial charge in [0.05, 0.1) is 22.4 Å². The molecule has 0 saturated carbocycles. The third-order valence-electron chi connectivity index (χ3n) is 4.36. The van der Waals surface area contributed by atoms with E-state index in [1.165, 1.54) is 6.42 Å². The first-order chi connectivity index (χ1) is 11.8. The van der Waals surface area contributed by atoms with Crippen LogP contribution in [0.3, 0.4) is 0 Å². The van der Waals surface area contributed by atoms with Crippen LogP contribution in [0.2, 0.25) is 0 Å². The van der Waals surface area contributed by atoms with Gasteiger partial charge in [0.15, 0.2) is 0 Å². The molecule has 0 radical (unpaired) electrons. The van der Waals surface area contributed by atoms with Gasteiger partial charge in [-0.3, -0.25) is 0 Å². The largest absolute Gasteiger partial charge is 0.340 e. The summed E-state index contributed by atoms with van der Waals surface area (Å²) in [5.41, 5.74) is 2.20. The molecular weight excluding hydrogens is 366 g/mol. The maximum Gasteiger partial charge on any atom is 0.225 e. The monoisotopic (exact) mass is 383 g/mol. The second-order valence-corrected chi connectivity index (χ2v) is 6.87. The Kier molecular flexibility index (Phi) is 4.30. The van der Waals surface area contributed by atoms with Crippen LogP contribution in [0.4, 0.5) is 5.95 Å². The normalized spacial score (nSPS) is 17.9. The number of hydrogen-bond acceptors (Lipinski definition) is 4. The Bertz CT molecular complexity index is 800. The number of hydrogen-bond donors (Lipinski definition) is 1. The van der Waals surface area contributed by atoms with Gasteiger partial charge in [0, 0.05) is 18.9 Å². The lowest BCUT2D eigenvalue weighted by atomic mass is 10.0. The Hall–Kier alpha value is -2.21. The predicted octanol–water partition coefficient (Wildman–Crippen LogP) is 4.36. The van der Waals surface area contributed by atoms with Gasteiger partial charge in [-0.15, -0.1) is 0 Å². The number of rotatable bonds is 3. The molecule has 122 valence electrons. The van der Waals surface area contributed by atoms with E-state index in [-0.39, 0.29) is 6.04 Å². The van der Waals surface area contributed by atoms with E-state index in [9.17, 15) is 0 Å². The summed E-state index contributed by atoms with van der Waals surface area (Å²) >= 11 is 3.40. The van der Waals surface area contributed by atoms with Crippen molar-refractivity contribution in [1.82, 2.24) is 19.9 Å². The Morgan fingerprint density at radius 1 is 1.00 bits per heavy atom. The molecule has 3 heterocycles. The summed E-state index contributed by atoms with van der Waals surface area (Å²) < 4.78 is 0.893. The van der Waals surface area contributed by atoms with Crippen molar-refractivity contribution in [2.75, 3.05) is 11.4 Å². The lowest BCUT2D eigenvalue weighted by molar-refractivity contribution is 0.451. The average molecular weight is 384 g/mol. The van der Waals surface area contributed by atoms with Crippen LogP contribution in [0.1, 0.15) is 31.1 Å². The minimum atomic E-state index is 0.192. The van der Waals surface area contributed by atoms with Crippen molar-refractivity contribution in [3.05, 3.63) is 59.2 Å². The number of nitrogens with one attached hydrogen (secondary N) is 1. The van der Waals surface area contributed by atoms with Crippen molar-refractivity contribution >= 4 is 21.9 Å². The molecule has 1 N–H and O–H groups in total. The zero-order chi connectivity index (χ0) is 16.4. The molecule has 1 aliphatic rings. The summed E-state index contributed by atoms with van der Waals surface area (Å²) in [6, 6.07) is 10.5. The number of H-pyrrole nitrogens is 1. The highest BCUT2D eigenvalue weighted by Crippen LogP contribution is 2.33. The van der Waals surface area contributed by atoms with Crippen molar-refractivity contribution in [3.8, 4) is 11.3 Å². The Balaban J connectivity index is 1.64. The second-order valence-electron chi connectivity index (χ2n) is 5.95. The molecule has 4 rings (SSSR count). The van der Waals surface area contributed by atoms with E-state index >= 15 is 0 Å². The number of benzene rings is 1. The van der Waals surface area contributed by atoms with E-state index in [1.54, 1.807) is 12.4 Å². The summed E-state index contributed by atoms with van der Waals surface area (Å²) in [5.74, 6) is 1.75. The smallest absolute Gasteiger partial charge is 0.225 e. The van der Waals surface area contributed by atoms with Gasteiger partial charge in [-0.25, -0.2) is 15.0 Å². The van der Waals surface area contributed by atoms with Gasteiger partial charge in [-0.2, -0.15) is 0 Å². The summed E-state index contributed by atoms with van der Waals surface area (Å²) in [6.07, 6.45) is 8.92. The molecule has 0 unspecified atom stereocenters. The number of piperidine rings is 1. The molecule has 1 aliphatic heterocycles. The molecule has 1 saturated heterocycles. The fourth-order valence-corrected chi connectivity index (χ4v) is 3.38. The number of aromatic nitrogens is 4. The first-order valence-corrected chi connectivity index (χ1v) is 8.95. The Morgan fingerprint density at radius 3 is 2.58 bits per heavy atom. The van der Waals surface area contributed by atoms with Crippen LogP contribution >= 0.6 is 15.9 Å². The average Bonchev–Trinajstić information content (AvgIpc) is 3.13. The van der Waals surface area contributed by atoms with Crippen molar-refractivity contribution in [3.63, 3.8) is 0 Å². The predicted molar refractivity (Wildman–Crippen MR) is 97.7 cm³/mol.